The van der Waals surface area contributed by atoms with Crippen molar-refractivity contribution in [2.24, 2.45) is 0 Å². The third kappa shape index (κ3) is 7.05. The summed E-state index contributed by atoms with van der Waals surface area (Å²) in [4.78, 5) is 21.9. The van der Waals surface area contributed by atoms with Gasteiger partial charge in [0.1, 0.15) is 6.54 Å². The van der Waals surface area contributed by atoms with Crippen LogP contribution in [0.5, 0.6) is 0 Å². The van der Waals surface area contributed by atoms with E-state index in [1.54, 1.807) is 6.92 Å². The Morgan fingerprint density at radius 1 is 1.33 bits per heavy atom. The number of likely N-dealkylation sites (N-methyl/N-ethyl adjacent to an activating group) is 1. The second kappa shape index (κ2) is 8.04. The molecule has 0 aromatic heterocycles. The number of amides is 1. The average molecular weight is 175 g/mol. The number of hydrogen-bond donors (Lipinski definition) is 1. The molecule has 72 valence electrons. The minimum absolute atomic E-state index is 0.151. The molecule has 0 aromatic carbocycles. The van der Waals surface area contributed by atoms with E-state index >= 15 is 0 Å². The van der Waals surface area contributed by atoms with Gasteiger partial charge in [0.2, 0.25) is 5.91 Å². The standard InChI is InChI=1S/C6H11NO3.C2H6/c1-3-5(8)7(2)4-6(9)10;1-2/h3-4H2,1-2H3,(H,9,10);1-2H3. The van der Waals surface area contributed by atoms with Gasteiger partial charge in [-0.25, -0.2) is 0 Å². The topological polar surface area (TPSA) is 57.6 Å². The van der Waals surface area contributed by atoms with Crippen molar-refractivity contribution in [2.75, 3.05) is 13.6 Å². The molecule has 0 aliphatic heterocycles. The van der Waals surface area contributed by atoms with Crippen molar-refractivity contribution in [3.63, 3.8) is 0 Å². The van der Waals surface area contributed by atoms with E-state index in [4.69, 9.17) is 5.11 Å². The lowest BCUT2D eigenvalue weighted by molar-refractivity contribution is -0.143. The molecular weight excluding hydrogens is 158 g/mol. The first-order valence-corrected chi connectivity index (χ1v) is 4.03. The Bertz CT molecular complexity index is 145. The predicted octanol–water partition coefficient (Wildman–Crippen LogP) is 0.966. The summed E-state index contributed by atoms with van der Waals surface area (Å²) in [7, 11) is 1.47. The largest absolute Gasteiger partial charge is 0.480 e. The fourth-order valence-corrected chi connectivity index (χ4v) is 0.561. The van der Waals surface area contributed by atoms with Crippen LogP contribution >= 0.6 is 0 Å². The molecule has 0 unspecified atom stereocenters. The smallest absolute Gasteiger partial charge is 0.323 e. The lowest BCUT2D eigenvalue weighted by Gasteiger charge is -2.12. The van der Waals surface area contributed by atoms with Gasteiger partial charge >= 0.3 is 5.97 Å². The summed E-state index contributed by atoms with van der Waals surface area (Å²) in [6.07, 6.45) is 0.351. The summed E-state index contributed by atoms with van der Waals surface area (Å²) in [5.41, 5.74) is 0. The fraction of sp³-hybridized carbons (Fsp3) is 0.750. The molecule has 4 heteroatoms. The first-order chi connectivity index (χ1) is 5.57. The molecule has 12 heavy (non-hydrogen) atoms. The van der Waals surface area contributed by atoms with Crippen LogP contribution in [0.1, 0.15) is 27.2 Å². The zero-order valence-electron chi connectivity index (χ0n) is 8.13. The Hall–Kier alpha value is -1.06. The molecule has 4 nitrogen and oxygen atoms in total. The van der Waals surface area contributed by atoms with Crippen LogP contribution in [0, 0.1) is 0 Å². The van der Waals surface area contributed by atoms with Crippen molar-refractivity contribution >= 4 is 11.9 Å². The van der Waals surface area contributed by atoms with Crippen molar-refractivity contribution in [1.82, 2.24) is 4.90 Å². The van der Waals surface area contributed by atoms with E-state index in [1.807, 2.05) is 13.8 Å². The highest BCUT2D eigenvalue weighted by Gasteiger charge is 2.08. The highest BCUT2D eigenvalue weighted by molar-refractivity contribution is 5.80. The molecule has 0 atom stereocenters. The zero-order valence-corrected chi connectivity index (χ0v) is 8.13. The van der Waals surface area contributed by atoms with Gasteiger partial charge in [-0.2, -0.15) is 0 Å². The van der Waals surface area contributed by atoms with Gasteiger partial charge in [-0.15, -0.1) is 0 Å². The molecule has 0 heterocycles. The summed E-state index contributed by atoms with van der Waals surface area (Å²) in [5, 5.41) is 8.23. The molecule has 0 bridgehead atoms. The van der Waals surface area contributed by atoms with Gasteiger partial charge in [-0.1, -0.05) is 20.8 Å². The van der Waals surface area contributed by atoms with Crippen molar-refractivity contribution in [3.05, 3.63) is 0 Å². The Labute approximate surface area is 73.2 Å². The Kier molecular flexibility index (Phi) is 9.06. The van der Waals surface area contributed by atoms with Gasteiger partial charge in [-0.05, 0) is 0 Å². The monoisotopic (exact) mass is 175 g/mol. The van der Waals surface area contributed by atoms with Gasteiger partial charge in [-0.3, -0.25) is 9.59 Å². The fourth-order valence-electron chi connectivity index (χ4n) is 0.561. The lowest BCUT2D eigenvalue weighted by Crippen LogP contribution is -2.31. The lowest BCUT2D eigenvalue weighted by atomic mass is 10.4. The maximum absolute atomic E-state index is 10.7. The average Bonchev–Trinajstić information content (AvgIpc) is 2.05. The van der Waals surface area contributed by atoms with E-state index in [1.165, 1.54) is 11.9 Å². The maximum Gasteiger partial charge on any atom is 0.323 e. The maximum atomic E-state index is 10.7. The van der Waals surface area contributed by atoms with Crippen LogP contribution in [0.15, 0.2) is 0 Å². The van der Waals surface area contributed by atoms with Gasteiger partial charge < -0.3 is 10.0 Å². The zero-order chi connectivity index (χ0) is 10.1. The number of carbonyl (C=O) groups excluding carboxylic acids is 1. The predicted molar refractivity (Wildman–Crippen MR) is 46.9 cm³/mol. The molecule has 0 saturated heterocycles. The van der Waals surface area contributed by atoms with E-state index in [0.717, 1.165) is 0 Å². The van der Waals surface area contributed by atoms with E-state index < -0.39 is 5.97 Å². The van der Waals surface area contributed by atoms with Crippen molar-refractivity contribution in [2.45, 2.75) is 27.2 Å². The Morgan fingerprint density at radius 2 is 1.75 bits per heavy atom. The first kappa shape index (κ1) is 13.5. The number of aliphatic carboxylic acids is 1. The summed E-state index contributed by atoms with van der Waals surface area (Å²) < 4.78 is 0. The molecule has 0 fully saturated rings. The highest BCUT2D eigenvalue weighted by Crippen LogP contribution is 1.87. The minimum atomic E-state index is -0.982. The van der Waals surface area contributed by atoms with Crippen LogP contribution in [0.25, 0.3) is 0 Å². The van der Waals surface area contributed by atoms with E-state index in [2.05, 4.69) is 0 Å². The molecule has 0 aliphatic rings. The molecule has 0 rings (SSSR count). The number of rotatable bonds is 3. The molecular formula is C8H17NO3. The molecule has 0 saturated carbocycles. The molecule has 0 aromatic rings. The van der Waals surface area contributed by atoms with Gasteiger partial charge in [0.25, 0.3) is 0 Å². The Balaban J connectivity index is 0. The van der Waals surface area contributed by atoms with E-state index in [0.29, 0.717) is 6.42 Å². The van der Waals surface area contributed by atoms with Crippen LogP contribution in [0.3, 0.4) is 0 Å². The van der Waals surface area contributed by atoms with Gasteiger partial charge in [0.15, 0.2) is 0 Å². The number of carboxylic acid groups (broad SMARTS) is 1. The van der Waals surface area contributed by atoms with Gasteiger partial charge in [0, 0.05) is 13.5 Å². The van der Waals surface area contributed by atoms with Crippen LogP contribution in [-0.2, 0) is 9.59 Å². The third-order valence-electron chi connectivity index (χ3n) is 1.10. The van der Waals surface area contributed by atoms with Gasteiger partial charge in [0.05, 0.1) is 0 Å². The highest BCUT2D eigenvalue weighted by atomic mass is 16.4. The van der Waals surface area contributed by atoms with Crippen LogP contribution in [0.2, 0.25) is 0 Å². The Morgan fingerprint density at radius 3 is 2.00 bits per heavy atom. The van der Waals surface area contributed by atoms with Crippen molar-refractivity contribution in [3.8, 4) is 0 Å². The summed E-state index contributed by atoms with van der Waals surface area (Å²) >= 11 is 0. The molecule has 0 radical (unpaired) electrons. The van der Waals surface area contributed by atoms with Crippen molar-refractivity contribution in [1.29, 1.82) is 0 Å². The quantitative estimate of drug-likeness (QED) is 0.695. The summed E-state index contributed by atoms with van der Waals surface area (Å²) in [6, 6.07) is 0. The first-order valence-electron chi connectivity index (χ1n) is 4.03. The molecule has 0 spiro atoms. The summed E-state index contributed by atoms with van der Waals surface area (Å²) in [6.45, 7) is 5.48. The van der Waals surface area contributed by atoms with E-state index in [-0.39, 0.29) is 12.5 Å². The molecule has 1 N–H and O–H groups in total. The minimum Gasteiger partial charge on any atom is -0.480 e. The molecule has 1 amide bonds. The SMILES string of the molecule is CC.CCC(=O)N(C)CC(=O)O. The van der Waals surface area contributed by atoms with E-state index in [9.17, 15) is 9.59 Å². The number of carboxylic acids is 1. The second-order valence-corrected chi connectivity index (χ2v) is 2.00. The van der Waals surface area contributed by atoms with Crippen LogP contribution < -0.4 is 0 Å². The molecule has 0 aliphatic carbocycles. The van der Waals surface area contributed by atoms with Crippen LogP contribution in [-0.4, -0.2) is 35.5 Å². The van der Waals surface area contributed by atoms with Crippen molar-refractivity contribution < 1.29 is 14.7 Å². The second-order valence-electron chi connectivity index (χ2n) is 2.00. The summed E-state index contributed by atoms with van der Waals surface area (Å²) in [5.74, 6) is -1.13. The number of nitrogens with zero attached hydrogens (tertiary/aromatic N) is 1. The third-order valence-corrected chi connectivity index (χ3v) is 1.10. The normalized spacial score (nSPS) is 8.00. The number of carbonyl (C=O) groups is 2. The number of hydrogen-bond acceptors (Lipinski definition) is 2. The van der Waals surface area contributed by atoms with Crippen LogP contribution in [0.4, 0.5) is 0 Å².